The normalized spacial score (nSPS) is 17.6. The van der Waals surface area contributed by atoms with E-state index in [-0.39, 0.29) is 32.3 Å². The van der Waals surface area contributed by atoms with Crippen molar-refractivity contribution in [3.8, 4) is 0 Å². The van der Waals surface area contributed by atoms with Gasteiger partial charge >= 0.3 is 6.02 Å². The van der Waals surface area contributed by atoms with Crippen molar-refractivity contribution in [2.24, 2.45) is 10.2 Å². The highest BCUT2D eigenvalue weighted by Crippen LogP contribution is 2.43. The molecular formula is C34H49N7O6S2. The third-order valence-electron chi connectivity index (χ3n) is 9.12. The quantitative estimate of drug-likeness (QED) is 0.0594. The minimum Gasteiger partial charge on any atom is -0.343 e. The summed E-state index contributed by atoms with van der Waals surface area (Å²) in [5, 5.41) is 8.01. The fourth-order valence-corrected chi connectivity index (χ4v) is 9.59. The van der Waals surface area contributed by atoms with Crippen LogP contribution in [0.25, 0.3) is 21.5 Å². The Kier molecular flexibility index (Phi) is 12.5. The molecule has 2 saturated heterocycles. The van der Waals surface area contributed by atoms with Gasteiger partial charge in [0.2, 0.25) is 20.0 Å². The van der Waals surface area contributed by atoms with Gasteiger partial charge in [0, 0.05) is 60.8 Å². The van der Waals surface area contributed by atoms with Crippen molar-refractivity contribution in [2.45, 2.75) is 74.5 Å². The third-order valence-corrected chi connectivity index (χ3v) is 12.9. The van der Waals surface area contributed by atoms with Crippen LogP contribution in [0.4, 0.5) is 11.4 Å². The molecule has 2 aliphatic heterocycles. The van der Waals surface area contributed by atoms with Gasteiger partial charge in [0.25, 0.3) is 0 Å². The van der Waals surface area contributed by atoms with Crippen molar-refractivity contribution >= 4 is 59.0 Å². The molecule has 2 heterocycles. The van der Waals surface area contributed by atoms with Crippen LogP contribution in [0.5, 0.6) is 0 Å². The first-order valence-corrected chi connectivity index (χ1v) is 20.2. The summed E-state index contributed by atoms with van der Waals surface area (Å²) in [6.07, 6.45) is 7.83. The van der Waals surface area contributed by atoms with E-state index in [0.29, 0.717) is 55.7 Å². The maximum Gasteiger partial charge on any atom is 0.311 e. The lowest BCUT2D eigenvalue weighted by molar-refractivity contribution is 0.368. The topological polar surface area (TPSA) is 153 Å². The maximum atomic E-state index is 13.8. The largest absolute Gasteiger partial charge is 0.343 e. The van der Waals surface area contributed by atoms with Crippen LogP contribution >= 0.6 is 0 Å². The van der Waals surface area contributed by atoms with Crippen molar-refractivity contribution in [1.29, 1.82) is 0 Å². The summed E-state index contributed by atoms with van der Waals surface area (Å²) in [7, 11) is -3.74. The number of fused-ring (bicyclic) bond motifs is 2. The number of sulfonamides is 2. The average molecular weight is 716 g/mol. The number of aliphatic imine (C=N–C) groups is 1. The number of amidine groups is 1. The molecule has 0 bridgehead atoms. The van der Waals surface area contributed by atoms with E-state index >= 15 is 0 Å². The molecule has 3 aromatic carbocycles. The summed E-state index contributed by atoms with van der Waals surface area (Å²) < 4.78 is 58.4. The Morgan fingerprint density at radius 3 is 1.69 bits per heavy atom. The lowest BCUT2D eigenvalue weighted by Crippen LogP contribution is -2.32. The molecular weight excluding hydrogens is 667 g/mol. The van der Waals surface area contributed by atoms with Gasteiger partial charge in [-0.15, -0.1) is 4.91 Å². The second kappa shape index (κ2) is 16.6. The first-order chi connectivity index (χ1) is 23.6. The van der Waals surface area contributed by atoms with Crippen molar-refractivity contribution in [3.63, 3.8) is 0 Å². The zero-order chi connectivity index (χ0) is 35.0. The number of rotatable bonds is 12. The van der Waals surface area contributed by atoms with Crippen LogP contribution in [-0.2, 0) is 24.9 Å². The van der Waals surface area contributed by atoms with Gasteiger partial charge in [-0.05, 0) is 89.1 Å². The number of anilines is 1. The third kappa shape index (κ3) is 8.51. The smallest absolute Gasteiger partial charge is 0.311 e. The predicted octanol–water partition coefficient (Wildman–Crippen LogP) is 5.78. The number of hydrogen-bond donors (Lipinski definition) is 2. The molecule has 13 nitrogen and oxygen atoms in total. The molecule has 0 aliphatic carbocycles. The fraction of sp³-hybridized carbons (Fsp3) is 0.559. The van der Waals surface area contributed by atoms with Gasteiger partial charge < -0.3 is 15.1 Å². The fourth-order valence-electron chi connectivity index (χ4n) is 6.50. The lowest BCUT2D eigenvalue weighted by Gasteiger charge is -2.22. The molecule has 0 radical (unpaired) electrons. The average Bonchev–Trinajstić information content (AvgIpc) is 3.55. The minimum absolute atomic E-state index is 0.0411. The van der Waals surface area contributed by atoms with Gasteiger partial charge in [-0.25, -0.2) is 27.3 Å². The van der Waals surface area contributed by atoms with Gasteiger partial charge in [-0.3, -0.25) is 0 Å². The van der Waals surface area contributed by atoms with Crippen LogP contribution in [0.1, 0.15) is 64.7 Å². The summed E-state index contributed by atoms with van der Waals surface area (Å²) in [6, 6.07) is 9.55. The highest BCUT2D eigenvalue weighted by molar-refractivity contribution is 7.89. The summed E-state index contributed by atoms with van der Waals surface area (Å²) in [5.41, 5.74) is 3.39. The van der Waals surface area contributed by atoms with Gasteiger partial charge in [0.1, 0.15) is 5.69 Å². The van der Waals surface area contributed by atoms with Crippen molar-refractivity contribution in [3.05, 3.63) is 41.3 Å². The Bertz CT molecular complexity index is 1760. The number of nitrogens with zero attached hydrogens (tertiary/aromatic N) is 5. The molecule has 3 aromatic rings. The van der Waals surface area contributed by atoms with Crippen LogP contribution in [0.2, 0.25) is 0 Å². The van der Waals surface area contributed by atoms with Crippen LogP contribution in [0.3, 0.4) is 0 Å². The van der Waals surface area contributed by atoms with E-state index in [1.807, 2.05) is 21.0 Å². The molecule has 0 spiro atoms. The number of nitrogens with one attached hydrogen (secondary N) is 2. The monoisotopic (exact) mass is 715 g/mol. The summed E-state index contributed by atoms with van der Waals surface area (Å²) >= 11 is 0. The SMILES string of the molecule is CCNC(=NCCCN(C)C)ONc1c2ccc(S(=O)(=O)N3CCCCCC3)cc2c(N=O)c2cc(S(=O)(=O)N3CCCCCC3)ccc12. The van der Waals surface area contributed by atoms with Crippen LogP contribution in [-0.4, -0.2) is 96.3 Å². The first-order valence-electron chi connectivity index (χ1n) is 17.3. The summed E-state index contributed by atoms with van der Waals surface area (Å²) in [5.74, 6) is 0. The molecule has 0 saturated carbocycles. The van der Waals surface area contributed by atoms with E-state index < -0.39 is 20.0 Å². The molecule has 0 amide bonds. The van der Waals surface area contributed by atoms with E-state index in [1.165, 1.54) is 32.9 Å². The van der Waals surface area contributed by atoms with Gasteiger partial charge in [0.05, 0.1) is 15.5 Å². The number of nitroso groups, excluding NO2 is 1. The predicted molar refractivity (Wildman–Crippen MR) is 195 cm³/mol. The molecule has 268 valence electrons. The Morgan fingerprint density at radius 1 is 0.776 bits per heavy atom. The van der Waals surface area contributed by atoms with Gasteiger partial charge in [-0.2, -0.15) is 8.61 Å². The highest BCUT2D eigenvalue weighted by Gasteiger charge is 2.29. The Labute approximate surface area is 290 Å². The van der Waals surface area contributed by atoms with Crippen LogP contribution < -0.4 is 10.8 Å². The molecule has 0 atom stereocenters. The molecule has 2 N–H and O–H groups in total. The van der Waals surface area contributed by atoms with E-state index in [2.05, 4.69) is 25.9 Å². The summed E-state index contributed by atoms with van der Waals surface area (Å²) in [4.78, 5) is 25.4. The van der Waals surface area contributed by atoms with Crippen LogP contribution in [0.15, 0.2) is 56.4 Å². The molecule has 49 heavy (non-hydrogen) atoms. The minimum atomic E-state index is -3.87. The second-order valence-electron chi connectivity index (χ2n) is 12.9. The molecule has 0 unspecified atom stereocenters. The van der Waals surface area contributed by atoms with E-state index in [0.717, 1.165) is 64.3 Å². The van der Waals surface area contributed by atoms with E-state index in [9.17, 15) is 21.7 Å². The van der Waals surface area contributed by atoms with Crippen molar-refractivity contribution in [1.82, 2.24) is 18.8 Å². The lowest BCUT2D eigenvalue weighted by atomic mass is 9.99. The Morgan fingerprint density at radius 2 is 1.27 bits per heavy atom. The zero-order valence-electron chi connectivity index (χ0n) is 28.8. The van der Waals surface area contributed by atoms with Crippen LogP contribution in [0, 0.1) is 4.91 Å². The molecule has 2 aliphatic rings. The number of hydrogen-bond acceptors (Lipinski definition) is 10. The maximum absolute atomic E-state index is 13.8. The number of benzene rings is 3. The molecule has 5 rings (SSSR count). The van der Waals surface area contributed by atoms with Gasteiger partial charge in [0.15, 0.2) is 0 Å². The first kappa shape index (κ1) is 36.9. The second-order valence-corrected chi connectivity index (χ2v) is 16.8. The standard InChI is InChI=1S/C34H49N7O6S2/c1-4-35-34(36-18-13-19-39(2)3)47-38-33-28-16-14-26(48(43,44)40-20-9-5-6-10-21-40)24-30(28)32(37-42)31-25-27(15-17-29(31)33)49(45,46)41-22-11-7-8-12-23-41/h14-17,24-25,38H,4-13,18-23H2,1-3H3,(H,35,36). The zero-order valence-corrected chi connectivity index (χ0v) is 30.4. The van der Waals surface area contributed by atoms with Gasteiger partial charge in [-0.1, -0.05) is 37.8 Å². The van der Waals surface area contributed by atoms with E-state index in [4.69, 9.17) is 4.84 Å². The van der Waals surface area contributed by atoms with E-state index in [1.54, 1.807) is 12.1 Å². The Hall–Kier alpha value is -3.37. The molecule has 15 heteroatoms. The van der Waals surface area contributed by atoms with Crippen molar-refractivity contribution < 1.29 is 21.7 Å². The highest BCUT2D eigenvalue weighted by atomic mass is 32.2. The molecule has 0 aromatic heterocycles. The van der Waals surface area contributed by atoms with Crippen molar-refractivity contribution in [2.75, 3.05) is 65.4 Å². The molecule has 2 fully saturated rings. The Balaban J connectivity index is 1.65. The summed E-state index contributed by atoms with van der Waals surface area (Å²) in [6.45, 7) is 5.56.